The first-order chi connectivity index (χ1) is 18.3. The molecule has 0 fully saturated rings. The third kappa shape index (κ3) is 9.45. The van der Waals surface area contributed by atoms with Gasteiger partial charge < -0.3 is 30.7 Å². The maximum absolute atomic E-state index is 13.0. The standard InChI is InChI=1S/C28H34N4O6/c1-5-17-29-25(33)23(37-27(35)31-19(3)21-13-9-7-10-14-21)24(26(34)30-18-6-2)38-28(36)32-20(4)22-15-11-8-12-16-22/h5-16,19-20,23-24H,1-2,17-18H2,3-4H3,(H,29,33)(H,30,34)(H,31,35)(H,32,36)/t19-,20-,23?,24?/m1/s1. The van der Waals surface area contributed by atoms with Gasteiger partial charge in [0.2, 0.25) is 12.2 Å². The molecule has 202 valence electrons. The molecule has 0 saturated heterocycles. The monoisotopic (exact) mass is 522 g/mol. The van der Waals surface area contributed by atoms with Gasteiger partial charge in [0.15, 0.2) is 0 Å². The van der Waals surface area contributed by atoms with Gasteiger partial charge in [-0.05, 0) is 25.0 Å². The lowest BCUT2D eigenvalue weighted by molar-refractivity contribution is -0.146. The number of hydrogen-bond donors (Lipinski definition) is 4. The van der Waals surface area contributed by atoms with Crippen LogP contribution in [0.25, 0.3) is 0 Å². The molecule has 38 heavy (non-hydrogen) atoms. The van der Waals surface area contributed by atoms with E-state index in [1.54, 1.807) is 13.8 Å². The molecule has 2 rings (SSSR count). The van der Waals surface area contributed by atoms with Crippen LogP contribution in [-0.4, -0.2) is 49.3 Å². The highest BCUT2D eigenvalue weighted by Gasteiger charge is 2.40. The zero-order valence-electron chi connectivity index (χ0n) is 21.5. The van der Waals surface area contributed by atoms with Gasteiger partial charge in [-0.2, -0.15) is 0 Å². The van der Waals surface area contributed by atoms with Crippen molar-refractivity contribution < 1.29 is 28.7 Å². The third-order valence-corrected chi connectivity index (χ3v) is 5.37. The van der Waals surface area contributed by atoms with Crippen molar-refractivity contribution in [2.24, 2.45) is 0 Å². The smallest absolute Gasteiger partial charge is 0.408 e. The first kappa shape index (κ1) is 29.6. The second-order valence-electron chi connectivity index (χ2n) is 8.27. The van der Waals surface area contributed by atoms with E-state index < -0.39 is 48.3 Å². The van der Waals surface area contributed by atoms with Crippen LogP contribution in [0.5, 0.6) is 0 Å². The van der Waals surface area contributed by atoms with E-state index in [0.717, 1.165) is 11.1 Å². The van der Waals surface area contributed by atoms with Gasteiger partial charge in [0.1, 0.15) is 0 Å². The van der Waals surface area contributed by atoms with Crippen molar-refractivity contribution in [3.8, 4) is 0 Å². The summed E-state index contributed by atoms with van der Waals surface area (Å²) in [5.41, 5.74) is 1.59. The molecule has 2 aromatic carbocycles. The number of carbonyl (C=O) groups is 4. The van der Waals surface area contributed by atoms with E-state index >= 15 is 0 Å². The van der Waals surface area contributed by atoms with E-state index in [1.807, 2.05) is 60.7 Å². The van der Waals surface area contributed by atoms with Gasteiger partial charge in [0, 0.05) is 13.1 Å². The maximum Gasteiger partial charge on any atom is 0.408 e. The molecule has 0 aliphatic rings. The highest BCUT2D eigenvalue weighted by molar-refractivity contribution is 5.93. The fraction of sp³-hybridized carbons (Fsp3) is 0.286. The Kier molecular flexibility index (Phi) is 12.1. The van der Waals surface area contributed by atoms with Crippen LogP contribution in [0, 0.1) is 0 Å². The molecule has 0 bridgehead atoms. The highest BCUT2D eigenvalue weighted by Crippen LogP contribution is 2.15. The fourth-order valence-corrected chi connectivity index (χ4v) is 3.35. The van der Waals surface area contributed by atoms with Crippen LogP contribution in [-0.2, 0) is 19.1 Å². The predicted molar refractivity (Wildman–Crippen MR) is 143 cm³/mol. The number of carbonyl (C=O) groups excluding carboxylic acids is 4. The Hall–Kier alpha value is -4.60. The Labute approximate surface area is 222 Å². The van der Waals surface area contributed by atoms with Crippen LogP contribution in [0.3, 0.4) is 0 Å². The summed E-state index contributed by atoms with van der Waals surface area (Å²) in [7, 11) is 0. The van der Waals surface area contributed by atoms with Gasteiger partial charge in [0.25, 0.3) is 11.8 Å². The average molecular weight is 523 g/mol. The van der Waals surface area contributed by atoms with Crippen molar-refractivity contribution in [3.05, 3.63) is 97.1 Å². The fourth-order valence-electron chi connectivity index (χ4n) is 3.35. The van der Waals surface area contributed by atoms with Gasteiger partial charge in [0.05, 0.1) is 12.1 Å². The molecule has 0 saturated carbocycles. The molecule has 10 heteroatoms. The number of alkyl carbamates (subject to hydrolysis) is 2. The molecule has 10 nitrogen and oxygen atoms in total. The molecule has 2 unspecified atom stereocenters. The minimum absolute atomic E-state index is 0.0268. The molecule has 0 heterocycles. The topological polar surface area (TPSA) is 135 Å². The van der Waals surface area contributed by atoms with E-state index in [0.29, 0.717) is 0 Å². The van der Waals surface area contributed by atoms with Crippen molar-refractivity contribution in [1.29, 1.82) is 0 Å². The summed E-state index contributed by atoms with van der Waals surface area (Å²) < 4.78 is 10.7. The molecular formula is C28H34N4O6. The van der Waals surface area contributed by atoms with Crippen molar-refractivity contribution in [1.82, 2.24) is 21.3 Å². The molecule has 0 radical (unpaired) electrons. The number of ether oxygens (including phenoxy) is 2. The van der Waals surface area contributed by atoms with Crippen molar-refractivity contribution in [2.75, 3.05) is 13.1 Å². The maximum atomic E-state index is 13.0. The van der Waals surface area contributed by atoms with E-state index in [2.05, 4.69) is 34.4 Å². The second-order valence-corrected chi connectivity index (χ2v) is 8.27. The number of benzene rings is 2. The zero-order valence-corrected chi connectivity index (χ0v) is 21.5. The average Bonchev–Trinajstić information content (AvgIpc) is 2.93. The molecule has 4 amide bonds. The molecule has 0 aliphatic carbocycles. The minimum Gasteiger partial charge on any atom is -0.431 e. The van der Waals surface area contributed by atoms with Crippen LogP contribution in [0.1, 0.15) is 37.1 Å². The Morgan fingerprint density at radius 2 is 1.03 bits per heavy atom. The molecular weight excluding hydrogens is 488 g/mol. The molecule has 4 atom stereocenters. The molecule has 4 N–H and O–H groups in total. The number of amides is 4. The summed E-state index contributed by atoms with van der Waals surface area (Å²) in [4.78, 5) is 51.5. The van der Waals surface area contributed by atoms with Gasteiger partial charge in [-0.15, -0.1) is 13.2 Å². The van der Waals surface area contributed by atoms with Crippen LogP contribution < -0.4 is 21.3 Å². The molecule has 0 aromatic heterocycles. The summed E-state index contributed by atoms with van der Waals surface area (Å²) >= 11 is 0. The lowest BCUT2D eigenvalue weighted by Crippen LogP contribution is -2.55. The lowest BCUT2D eigenvalue weighted by atomic mass is 10.1. The lowest BCUT2D eigenvalue weighted by Gasteiger charge is -2.26. The van der Waals surface area contributed by atoms with E-state index in [1.165, 1.54) is 12.2 Å². The summed E-state index contributed by atoms with van der Waals surface area (Å²) in [5, 5.41) is 10.2. The van der Waals surface area contributed by atoms with E-state index in [4.69, 9.17) is 9.47 Å². The summed E-state index contributed by atoms with van der Waals surface area (Å²) in [5.74, 6) is -1.70. The van der Waals surface area contributed by atoms with Crippen molar-refractivity contribution in [3.63, 3.8) is 0 Å². The second kappa shape index (κ2) is 15.5. The summed E-state index contributed by atoms with van der Waals surface area (Å²) in [6.07, 6.45) is -2.75. The Morgan fingerprint density at radius 1 is 0.684 bits per heavy atom. The van der Waals surface area contributed by atoms with Crippen LogP contribution in [0.2, 0.25) is 0 Å². The van der Waals surface area contributed by atoms with Crippen LogP contribution in [0.4, 0.5) is 9.59 Å². The van der Waals surface area contributed by atoms with Gasteiger partial charge >= 0.3 is 12.2 Å². The van der Waals surface area contributed by atoms with Crippen LogP contribution in [0.15, 0.2) is 86.0 Å². The summed E-state index contributed by atoms with van der Waals surface area (Å²) in [6.45, 7) is 10.6. The number of hydrogen-bond acceptors (Lipinski definition) is 6. The van der Waals surface area contributed by atoms with Crippen molar-refractivity contribution in [2.45, 2.75) is 38.1 Å². The minimum atomic E-state index is -1.81. The van der Waals surface area contributed by atoms with Gasteiger partial charge in [-0.1, -0.05) is 72.8 Å². The number of nitrogens with one attached hydrogen (secondary N) is 4. The summed E-state index contributed by atoms with van der Waals surface area (Å²) in [6, 6.07) is 17.2. The first-order valence-corrected chi connectivity index (χ1v) is 12.1. The predicted octanol–water partition coefficient (Wildman–Crippen LogP) is 3.30. The van der Waals surface area contributed by atoms with E-state index in [-0.39, 0.29) is 13.1 Å². The highest BCUT2D eigenvalue weighted by atomic mass is 16.6. The SMILES string of the molecule is C=CCNC(=O)C(OC(=O)N[C@H](C)c1ccccc1)C(OC(=O)N[C@H](C)c1ccccc1)C(=O)NCC=C. The van der Waals surface area contributed by atoms with E-state index in [9.17, 15) is 19.2 Å². The Balaban J connectivity index is 2.24. The normalized spacial score (nSPS) is 13.4. The van der Waals surface area contributed by atoms with Gasteiger partial charge in [-0.3, -0.25) is 9.59 Å². The van der Waals surface area contributed by atoms with Crippen molar-refractivity contribution >= 4 is 24.0 Å². The molecule has 2 aromatic rings. The Morgan fingerprint density at radius 3 is 1.34 bits per heavy atom. The molecule has 0 spiro atoms. The first-order valence-electron chi connectivity index (χ1n) is 12.1. The largest absolute Gasteiger partial charge is 0.431 e. The number of rotatable bonds is 13. The zero-order chi connectivity index (χ0) is 27.9. The third-order valence-electron chi connectivity index (χ3n) is 5.37. The quantitative estimate of drug-likeness (QED) is 0.298. The van der Waals surface area contributed by atoms with Crippen LogP contribution >= 0.6 is 0 Å². The van der Waals surface area contributed by atoms with Gasteiger partial charge in [-0.25, -0.2) is 9.59 Å². The molecule has 0 aliphatic heterocycles. The Bertz CT molecular complexity index is 1010.